The van der Waals surface area contributed by atoms with Gasteiger partial charge in [-0.15, -0.1) is 0 Å². The molecule has 0 aliphatic rings. The molecule has 1 aromatic rings. The van der Waals surface area contributed by atoms with E-state index in [1.807, 2.05) is 39.0 Å². The number of hydrogen-bond donors (Lipinski definition) is 3. The number of rotatable bonds is 3. The molecule has 98 valence electrons. The summed E-state index contributed by atoms with van der Waals surface area (Å²) in [6.45, 7) is 6.95. The number of nitrogens with one attached hydrogen (secondary N) is 1. The van der Waals surface area contributed by atoms with E-state index in [0.717, 1.165) is 5.56 Å². The van der Waals surface area contributed by atoms with Crippen molar-refractivity contribution >= 4 is 5.91 Å². The molecule has 0 aromatic heterocycles. The predicted molar refractivity (Wildman–Crippen MR) is 74.0 cm³/mol. The Morgan fingerprint density at radius 2 is 1.88 bits per heavy atom. The lowest BCUT2D eigenvalue weighted by Gasteiger charge is -2.03. The Labute approximate surface area is 104 Å². The third kappa shape index (κ3) is 8.42. The fourth-order valence-corrected chi connectivity index (χ4v) is 1.07. The molecule has 17 heavy (non-hydrogen) atoms. The highest BCUT2D eigenvalue weighted by Crippen LogP contribution is 2.02. The predicted octanol–water partition coefficient (Wildman–Crippen LogP) is 1.28. The van der Waals surface area contributed by atoms with E-state index in [2.05, 4.69) is 11.1 Å². The molecule has 0 saturated carbocycles. The van der Waals surface area contributed by atoms with Crippen molar-refractivity contribution in [1.82, 2.24) is 5.32 Å². The lowest BCUT2D eigenvalue weighted by molar-refractivity contribution is 0.0954. The largest absolute Gasteiger partial charge is 0.351 e. The van der Waals surface area contributed by atoms with Crippen LogP contribution in [0, 0.1) is 6.92 Å². The Bertz CT molecular complexity index is 300. The van der Waals surface area contributed by atoms with Gasteiger partial charge in [-0.05, 0) is 26.1 Å². The highest BCUT2D eigenvalue weighted by atomic mass is 16.1. The number of nitrogens with two attached hydrogens (primary N) is 2. The molecule has 0 spiro atoms. The van der Waals surface area contributed by atoms with Crippen molar-refractivity contribution in [3.05, 3.63) is 35.4 Å². The molecule has 0 bridgehead atoms. The van der Waals surface area contributed by atoms with Crippen LogP contribution in [0.4, 0.5) is 0 Å². The van der Waals surface area contributed by atoms with Crippen LogP contribution < -0.4 is 16.8 Å². The van der Waals surface area contributed by atoms with E-state index in [1.54, 1.807) is 6.07 Å². The minimum atomic E-state index is -0.0610. The van der Waals surface area contributed by atoms with Crippen LogP contribution >= 0.6 is 0 Å². The summed E-state index contributed by atoms with van der Waals surface area (Å²) in [5, 5.41) is 2.71. The second-order valence-corrected chi connectivity index (χ2v) is 2.91. The Morgan fingerprint density at radius 3 is 2.35 bits per heavy atom. The zero-order valence-electron chi connectivity index (χ0n) is 11.3. The van der Waals surface area contributed by atoms with Crippen LogP contribution in [0.1, 0.15) is 29.8 Å². The third-order valence-electron chi connectivity index (χ3n) is 1.71. The van der Waals surface area contributed by atoms with E-state index in [4.69, 9.17) is 5.73 Å². The van der Waals surface area contributed by atoms with Crippen molar-refractivity contribution in [2.75, 3.05) is 20.1 Å². The van der Waals surface area contributed by atoms with Crippen LogP contribution in [0.15, 0.2) is 24.3 Å². The van der Waals surface area contributed by atoms with Crippen LogP contribution in [0.25, 0.3) is 0 Å². The Kier molecular flexibility index (Phi) is 13.4. The van der Waals surface area contributed by atoms with Crippen LogP contribution in [0.3, 0.4) is 0 Å². The average Bonchev–Trinajstić information content (AvgIpc) is 2.40. The quantitative estimate of drug-likeness (QED) is 0.743. The molecule has 1 amide bonds. The molecule has 0 aliphatic carbocycles. The molecule has 5 N–H and O–H groups in total. The van der Waals surface area contributed by atoms with Gasteiger partial charge in [0.2, 0.25) is 0 Å². The summed E-state index contributed by atoms with van der Waals surface area (Å²) >= 11 is 0. The first-order valence-corrected chi connectivity index (χ1v) is 5.86. The molecule has 0 saturated heterocycles. The van der Waals surface area contributed by atoms with E-state index >= 15 is 0 Å². The second-order valence-electron chi connectivity index (χ2n) is 2.91. The Balaban J connectivity index is 0. The fraction of sp³-hybridized carbons (Fsp3) is 0.462. The number of carbonyl (C=O) groups is 1. The highest BCUT2D eigenvalue weighted by Gasteiger charge is 2.02. The second kappa shape index (κ2) is 12.7. The molecule has 0 radical (unpaired) electrons. The summed E-state index contributed by atoms with van der Waals surface area (Å²) in [4.78, 5) is 11.4. The molecule has 0 fully saturated rings. The number of benzene rings is 1. The van der Waals surface area contributed by atoms with E-state index in [0.29, 0.717) is 18.7 Å². The maximum atomic E-state index is 11.4. The van der Waals surface area contributed by atoms with Gasteiger partial charge in [0.05, 0.1) is 0 Å². The van der Waals surface area contributed by atoms with Crippen molar-refractivity contribution in [2.24, 2.45) is 11.5 Å². The minimum absolute atomic E-state index is 0.0610. The van der Waals surface area contributed by atoms with Crippen molar-refractivity contribution in [3.8, 4) is 0 Å². The summed E-state index contributed by atoms with van der Waals surface area (Å²) in [6, 6.07) is 7.47. The van der Waals surface area contributed by atoms with Gasteiger partial charge in [0, 0.05) is 18.7 Å². The number of hydrogen-bond acceptors (Lipinski definition) is 3. The van der Waals surface area contributed by atoms with Gasteiger partial charge in [-0.25, -0.2) is 0 Å². The van der Waals surface area contributed by atoms with Crippen molar-refractivity contribution in [3.63, 3.8) is 0 Å². The zero-order chi connectivity index (χ0) is 13.7. The molecule has 1 aromatic carbocycles. The molecule has 4 nitrogen and oxygen atoms in total. The first-order valence-electron chi connectivity index (χ1n) is 5.86. The summed E-state index contributed by atoms with van der Waals surface area (Å²) in [6.07, 6.45) is 0. The lowest BCUT2D eigenvalue weighted by atomic mass is 10.1. The van der Waals surface area contributed by atoms with E-state index < -0.39 is 0 Å². The van der Waals surface area contributed by atoms with Gasteiger partial charge in [0.1, 0.15) is 0 Å². The summed E-state index contributed by atoms with van der Waals surface area (Å²) in [7, 11) is 1.50. The van der Waals surface area contributed by atoms with Crippen LogP contribution in [0.2, 0.25) is 0 Å². The molecule has 0 heterocycles. The number of aryl methyl sites for hydroxylation is 1. The number of carbonyl (C=O) groups excluding carboxylic acids is 1. The molecule has 0 unspecified atom stereocenters. The van der Waals surface area contributed by atoms with Crippen LogP contribution in [0.5, 0.6) is 0 Å². The molecule has 4 heteroatoms. The first-order chi connectivity index (χ1) is 8.24. The third-order valence-corrected chi connectivity index (χ3v) is 1.71. The minimum Gasteiger partial charge on any atom is -0.351 e. The van der Waals surface area contributed by atoms with Crippen molar-refractivity contribution in [2.45, 2.75) is 20.8 Å². The van der Waals surface area contributed by atoms with Gasteiger partial charge in [0.15, 0.2) is 0 Å². The summed E-state index contributed by atoms with van der Waals surface area (Å²) in [5.41, 5.74) is 11.5. The van der Waals surface area contributed by atoms with Crippen LogP contribution in [-0.4, -0.2) is 26.0 Å². The van der Waals surface area contributed by atoms with Gasteiger partial charge in [-0.3, -0.25) is 4.79 Å². The monoisotopic (exact) mass is 239 g/mol. The molecule has 1 rings (SSSR count). The Morgan fingerprint density at radius 1 is 1.29 bits per heavy atom. The van der Waals surface area contributed by atoms with Crippen molar-refractivity contribution < 1.29 is 4.79 Å². The molecule has 0 aliphatic heterocycles. The first kappa shape index (κ1) is 18.0. The lowest BCUT2D eigenvalue weighted by Crippen LogP contribution is -2.28. The van der Waals surface area contributed by atoms with E-state index in [-0.39, 0.29) is 5.91 Å². The summed E-state index contributed by atoms with van der Waals surface area (Å²) < 4.78 is 0. The van der Waals surface area contributed by atoms with Gasteiger partial charge in [-0.1, -0.05) is 31.5 Å². The van der Waals surface area contributed by atoms with Gasteiger partial charge < -0.3 is 16.8 Å². The van der Waals surface area contributed by atoms with Gasteiger partial charge in [-0.2, -0.15) is 0 Å². The smallest absolute Gasteiger partial charge is 0.251 e. The van der Waals surface area contributed by atoms with E-state index in [9.17, 15) is 4.79 Å². The number of amides is 1. The van der Waals surface area contributed by atoms with E-state index in [1.165, 1.54) is 7.05 Å². The topological polar surface area (TPSA) is 81.1 Å². The standard InChI is InChI=1S/C10H14N2O.C2H6.CH5N/c1-8-3-2-4-9(7-8)10(13)12-6-5-11;2*1-2/h2-4,7H,5-6,11H2,1H3,(H,12,13);1-2H3;2H2,1H3. The summed E-state index contributed by atoms with van der Waals surface area (Å²) in [5.74, 6) is -0.0610. The highest BCUT2D eigenvalue weighted by molar-refractivity contribution is 5.94. The van der Waals surface area contributed by atoms with Crippen molar-refractivity contribution in [1.29, 1.82) is 0 Å². The Hall–Kier alpha value is -1.39. The fourth-order valence-electron chi connectivity index (χ4n) is 1.07. The van der Waals surface area contributed by atoms with Crippen LogP contribution in [-0.2, 0) is 0 Å². The molecule has 0 atom stereocenters. The zero-order valence-corrected chi connectivity index (χ0v) is 11.3. The maximum Gasteiger partial charge on any atom is 0.251 e. The molecular weight excluding hydrogens is 214 g/mol. The average molecular weight is 239 g/mol. The van der Waals surface area contributed by atoms with Gasteiger partial charge in [0.25, 0.3) is 5.91 Å². The normalized spacial score (nSPS) is 8.12. The van der Waals surface area contributed by atoms with Gasteiger partial charge >= 0.3 is 0 Å². The molecular formula is C13H25N3O. The maximum absolute atomic E-state index is 11.4. The SMILES string of the molecule is CC.CN.Cc1cccc(C(=O)NCCN)c1.